The molecule has 0 fully saturated rings. The van der Waals surface area contributed by atoms with Crippen molar-refractivity contribution in [2.75, 3.05) is 26.4 Å². The molecule has 0 unspecified atom stereocenters. The van der Waals surface area contributed by atoms with Crippen molar-refractivity contribution in [3.8, 4) is 11.5 Å². The minimum atomic E-state index is -0.0784. The van der Waals surface area contributed by atoms with Gasteiger partial charge < -0.3 is 14.2 Å². The van der Waals surface area contributed by atoms with Crippen LogP contribution >= 0.6 is 0 Å². The van der Waals surface area contributed by atoms with E-state index in [0.29, 0.717) is 26.4 Å². The number of hydrogen-bond acceptors (Lipinski definition) is 3. The Kier molecular flexibility index (Phi) is 7.70. The molecule has 2 rings (SSSR count). The first-order valence-corrected chi connectivity index (χ1v) is 9.82. The van der Waals surface area contributed by atoms with Gasteiger partial charge in [0.05, 0.1) is 26.4 Å². The number of hydrogen-bond donors (Lipinski definition) is 0. The third-order valence-corrected chi connectivity index (χ3v) is 4.38. The Morgan fingerprint density at radius 2 is 1.14 bits per heavy atom. The van der Waals surface area contributed by atoms with E-state index in [4.69, 9.17) is 14.2 Å². The van der Waals surface area contributed by atoms with Crippen LogP contribution in [0.25, 0.3) is 6.08 Å². The minimum absolute atomic E-state index is 0.0671. The lowest BCUT2D eigenvalue weighted by Crippen LogP contribution is -2.32. The largest absolute Gasteiger partial charge is 0.493 e. The molecule has 0 atom stereocenters. The molecule has 0 spiro atoms. The highest BCUT2D eigenvalue weighted by molar-refractivity contribution is 5.48. The van der Waals surface area contributed by atoms with Crippen molar-refractivity contribution in [3.63, 3.8) is 0 Å². The van der Waals surface area contributed by atoms with Crippen LogP contribution < -0.4 is 9.47 Å². The SMILES string of the molecule is C=Cc1ccc(OCC(C)(C)COCC(C)(C)COc2ccc(C)cc2)cc1. The van der Waals surface area contributed by atoms with Crippen LogP contribution in [-0.4, -0.2) is 26.4 Å². The van der Waals surface area contributed by atoms with E-state index in [1.165, 1.54) is 5.56 Å². The Morgan fingerprint density at radius 3 is 1.57 bits per heavy atom. The van der Waals surface area contributed by atoms with Gasteiger partial charge in [-0.05, 0) is 36.8 Å². The fourth-order valence-corrected chi connectivity index (χ4v) is 2.58. The van der Waals surface area contributed by atoms with Gasteiger partial charge in [-0.3, -0.25) is 0 Å². The molecule has 2 aromatic rings. The van der Waals surface area contributed by atoms with Crippen LogP contribution in [0.5, 0.6) is 11.5 Å². The number of ether oxygens (including phenoxy) is 3. The predicted octanol–water partition coefficient (Wildman–Crippen LogP) is 6.16. The van der Waals surface area contributed by atoms with Crippen LogP contribution in [0.15, 0.2) is 55.1 Å². The highest BCUT2D eigenvalue weighted by atomic mass is 16.5. The number of rotatable bonds is 11. The molecule has 28 heavy (non-hydrogen) atoms. The molecular weight excluding hydrogens is 348 g/mol. The molecular formula is C25H34O3. The van der Waals surface area contributed by atoms with Crippen LogP contribution in [0.3, 0.4) is 0 Å². The molecule has 0 saturated carbocycles. The van der Waals surface area contributed by atoms with Gasteiger partial charge in [0.15, 0.2) is 0 Å². The summed E-state index contributed by atoms with van der Waals surface area (Å²) in [6, 6.07) is 16.1. The maximum atomic E-state index is 6.02. The van der Waals surface area contributed by atoms with Crippen molar-refractivity contribution in [3.05, 3.63) is 66.2 Å². The summed E-state index contributed by atoms with van der Waals surface area (Å²) < 4.78 is 17.9. The van der Waals surface area contributed by atoms with Gasteiger partial charge in [0, 0.05) is 10.8 Å². The molecule has 3 nitrogen and oxygen atoms in total. The van der Waals surface area contributed by atoms with E-state index in [1.807, 2.05) is 42.5 Å². The third kappa shape index (κ3) is 7.77. The van der Waals surface area contributed by atoms with Crippen LogP contribution in [0, 0.1) is 17.8 Å². The summed E-state index contributed by atoms with van der Waals surface area (Å²) in [6.07, 6.45) is 1.83. The normalized spacial score (nSPS) is 11.9. The summed E-state index contributed by atoms with van der Waals surface area (Å²) in [4.78, 5) is 0. The van der Waals surface area contributed by atoms with Gasteiger partial charge in [0.25, 0.3) is 0 Å². The molecule has 0 radical (unpaired) electrons. The van der Waals surface area contributed by atoms with E-state index >= 15 is 0 Å². The van der Waals surface area contributed by atoms with Crippen molar-refractivity contribution in [2.45, 2.75) is 34.6 Å². The zero-order valence-corrected chi connectivity index (χ0v) is 18.0. The van der Waals surface area contributed by atoms with Crippen molar-refractivity contribution in [1.29, 1.82) is 0 Å². The Labute approximate surface area is 170 Å². The maximum absolute atomic E-state index is 6.02. The van der Waals surface area contributed by atoms with Gasteiger partial charge in [-0.2, -0.15) is 0 Å². The van der Waals surface area contributed by atoms with Gasteiger partial charge in [-0.15, -0.1) is 0 Å². The Balaban J connectivity index is 1.72. The van der Waals surface area contributed by atoms with E-state index in [1.54, 1.807) is 0 Å². The van der Waals surface area contributed by atoms with Crippen molar-refractivity contribution in [2.24, 2.45) is 10.8 Å². The van der Waals surface area contributed by atoms with Gasteiger partial charge in [-0.1, -0.05) is 70.2 Å². The van der Waals surface area contributed by atoms with E-state index in [9.17, 15) is 0 Å². The summed E-state index contributed by atoms with van der Waals surface area (Å²) in [6.45, 7) is 16.9. The quantitative estimate of drug-likeness (QED) is 0.465. The Morgan fingerprint density at radius 1 is 0.714 bits per heavy atom. The second kappa shape index (κ2) is 9.79. The molecule has 0 bridgehead atoms. The van der Waals surface area contributed by atoms with E-state index in [0.717, 1.165) is 17.1 Å². The van der Waals surface area contributed by atoms with Gasteiger partial charge in [0.2, 0.25) is 0 Å². The van der Waals surface area contributed by atoms with E-state index in [-0.39, 0.29) is 10.8 Å². The van der Waals surface area contributed by atoms with Gasteiger partial charge >= 0.3 is 0 Å². The van der Waals surface area contributed by atoms with Crippen molar-refractivity contribution >= 4 is 6.08 Å². The predicted molar refractivity (Wildman–Crippen MR) is 117 cm³/mol. The highest BCUT2D eigenvalue weighted by Crippen LogP contribution is 2.23. The van der Waals surface area contributed by atoms with Crippen molar-refractivity contribution < 1.29 is 14.2 Å². The molecule has 0 N–H and O–H groups in total. The van der Waals surface area contributed by atoms with Crippen LogP contribution in [-0.2, 0) is 4.74 Å². The van der Waals surface area contributed by atoms with Crippen LogP contribution in [0.4, 0.5) is 0 Å². The van der Waals surface area contributed by atoms with Gasteiger partial charge in [0.1, 0.15) is 11.5 Å². The standard InChI is InChI=1S/C25H34O3/c1-7-21-10-14-23(15-11-21)28-19-25(5,6)17-26-16-24(3,4)18-27-22-12-8-20(2)9-13-22/h7-15H,1,16-19H2,2-6H3. The molecule has 0 amide bonds. The molecule has 0 heterocycles. The molecule has 0 aliphatic heterocycles. The third-order valence-electron chi connectivity index (χ3n) is 4.38. The summed E-state index contributed by atoms with van der Waals surface area (Å²) >= 11 is 0. The fraction of sp³-hybridized carbons (Fsp3) is 0.440. The number of aryl methyl sites for hydroxylation is 1. The van der Waals surface area contributed by atoms with Gasteiger partial charge in [-0.25, -0.2) is 0 Å². The second-order valence-electron chi connectivity index (χ2n) is 8.98. The summed E-state index contributed by atoms with van der Waals surface area (Å²) in [5.74, 6) is 1.76. The molecule has 0 saturated heterocycles. The maximum Gasteiger partial charge on any atom is 0.119 e. The summed E-state index contributed by atoms with van der Waals surface area (Å²) in [7, 11) is 0. The second-order valence-corrected chi connectivity index (χ2v) is 8.98. The first-order chi connectivity index (χ1) is 13.2. The Hall–Kier alpha value is -2.26. The zero-order valence-electron chi connectivity index (χ0n) is 18.0. The summed E-state index contributed by atoms with van der Waals surface area (Å²) in [5, 5.41) is 0. The molecule has 0 aromatic heterocycles. The first-order valence-electron chi connectivity index (χ1n) is 9.82. The molecule has 0 aliphatic carbocycles. The van der Waals surface area contributed by atoms with Crippen LogP contribution in [0.1, 0.15) is 38.8 Å². The minimum Gasteiger partial charge on any atom is -0.493 e. The lowest BCUT2D eigenvalue weighted by Gasteiger charge is -2.29. The van der Waals surface area contributed by atoms with Crippen molar-refractivity contribution in [1.82, 2.24) is 0 Å². The summed E-state index contributed by atoms with van der Waals surface area (Å²) in [5.41, 5.74) is 2.17. The fourth-order valence-electron chi connectivity index (χ4n) is 2.58. The average molecular weight is 383 g/mol. The monoisotopic (exact) mass is 382 g/mol. The molecule has 152 valence electrons. The topological polar surface area (TPSA) is 27.7 Å². The first kappa shape index (κ1) is 22.0. The molecule has 0 aliphatic rings. The van der Waals surface area contributed by atoms with E-state index in [2.05, 4.69) is 53.3 Å². The van der Waals surface area contributed by atoms with E-state index < -0.39 is 0 Å². The van der Waals surface area contributed by atoms with Crippen LogP contribution in [0.2, 0.25) is 0 Å². The average Bonchev–Trinajstić information content (AvgIpc) is 2.66. The smallest absolute Gasteiger partial charge is 0.119 e. The molecule has 2 aromatic carbocycles. The lowest BCUT2D eigenvalue weighted by molar-refractivity contribution is -0.0140. The number of benzene rings is 2. The zero-order chi connectivity index (χ0) is 20.6. The highest BCUT2D eigenvalue weighted by Gasteiger charge is 2.24. The lowest BCUT2D eigenvalue weighted by atomic mass is 9.94. The molecule has 3 heteroatoms. The Bertz CT molecular complexity index is 727.